The van der Waals surface area contributed by atoms with Gasteiger partial charge in [-0.2, -0.15) is 5.10 Å². The molecule has 158 valence electrons. The van der Waals surface area contributed by atoms with E-state index in [1.165, 1.54) is 5.56 Å². The zero-order valence-electron chi connectivity index (χ0n) is 17.6. The molecule has 3 aromatic heterocycles. The van der Waals surface area contributed by atoms with Crippen LogP contribution in [0.3, 0.4) is 0 Å². The van der Waals surface area contributed by atoms with Crippen molar-refractivity contribution >= 4 is 36.9 Å². The van der Waals surface area contributed by atoms with E-state index in [9.17, 15) is 0 Å². The van der Waals surface area contributed by atoms with Crippen molar-refractivity contribution in [3.05, 3.63) is 71.4 Å². The van der Waals surface area contributed by atoms with E-state index in [1.807, 2.05) is 23.1 Å². The number of nitrogens with zero attached hydrogens (tertiary/aromatic N) is 4. The summed E-state index contributed by atoms with van der Waals surface area (Å²) >= 11 is 3.52. The molecule has 0 radical (unpaired) electrons. The quantitative estimate of drug-likeness (QED) is 0.248. The molecule has 0 saturated heterocycles. The maximum atomic E-state index is 5.83. The van der Waals surface area contributed by atoms with Gasteiger partial charge in [-0.3, -0.25) is 0 Å². The van der Waals surface area contributed by atoms with Crippen LogP contribution < -0.4 is 0 Å². The van der Waals surface area contributed by atoms with Gasteiger partial charge in [0.25, 0.3) is 0 Å². The van der Waals surface area contributed by atoms with Gasteiger partial charge in [0.05, 0.1) is 24.5 Å². The SMILES string of the molecule is CS(C)(C)CCOCn1cc(-c2cn(Cc3ccccc3)c3cnc(Br)cc23)cn1. The third-order valence-electron chi connectivity index (χ3n) is 4.94. The van der Waals surface area contributed by atoms with Crippen molar-refractivity contribution in [2.45, 2.75) is 13.3 Å². The Morgan fingerprint density at radius 1 is 1.07 bits per heavy atom. The highest BCUT2D eigenvalue weighted by Gasteiger charge is 2.14. The minimum Gasteiger partial charge on any atom is -0.358 e. The molecule has 3 heterocycles. The van der Waals surface area contributed by atoms with Crippen LogP contribution in [-0.2, 0) is 18.0 Å². The van der Waals surface area contributed by atoms with Crippen molar-refractivity contribution in [3.63, 3.8) is 0 Å². The van der Waals surface area contributed by atoms with Gasteiger partial charge in [-0.25, -0.2) is 19.7 Å². The molecule has 0 atom stereocenters. The standard InChI is InChI=1S/C23H27BrN4OS/c1-30(2,3)10-9-29-17-28-15-19(12-26-28)21-16-27(14-18-7-5-4-6-8-18)22-13-25-23(24)11-20(21)22/h4-8,11-13,15-16H,9-10,14,17H2,1-3H3. The molecule has 0 aliphatic heterocycles. The van der Waals surface area contributed by atoms with E-state index < -0.39 is 10.0 Å². The topological polar surface area (TPSA) is 44.9 Å². The average Bonchev–Trinajstić information content (AvgIpc) is 3.30. The van der Waals surface area contributed by atoms with Gasteiger partial charge in [-0.05, 0) is 46.3 Å². The highest BCUT2D eigenvalue weighted by molar-refractivity contribution is 9.10. The van der Waals surface area contributed by atoms with Gasteiger partial charge >= 0.3 is 0 Å². The third-order valence-corrected chi connectivity index (χ3v) is 6.76. The molecule has 4 rings (SSSR count). The van der Waals surface area contributed by atoms with E-state index in [0.717, 1.165) is 45.5 Å². The Balaban J connectivity index is 1.58. The third kappa shape index (κ3) is 5.14. The first-order chi connectivity index (χ1) is 14.4. The van der Waals surface area contributed by atoms with Crippen LogP contribution in [0.2, 0.25) is 0 Å². The molecule has 7 heteroatoms. The highest BCUT2D eigenvalue weighted by atomic mass is 79.9. The van der Waals surface area contributed by atoms with Crippen LogP contribution in [0.15, 0.2) is 65.8 Å². The summed E-state index contributed by atoms with van der Waals surface area (Å²) < 4.78 is 10.8. The lowest BCUT2D eigenvalue weighted by molar-refractivity contribution is 0.0809. The first kappa shape index (κ1) is 21.2. The zero-order valence-corrected chi connectivity index (χ0v) is 20.0. The van der Waals surface area contributed by atoms with Crippen molar-refractivity contribution in [3.8, 4) is 11.1 Å². The molecular weight excluding hydrogens is 460 g/mol. The summed E-state index contributed by atoms with van der Waals surface area (Å²) in [6.45, 7) is 2.04. The Kier molecular flexibility index (Phi) is 6.32. The lowest BCUT2D eigenvalue weighted by Crippen LogP contribution is -2.10. The number of aromatic nitrogens is 4. The predicted molar refractivity (Wildman–Crippen MR) is 130 cm³/mol. The van der Waals surface area contributed by atoms with Gasteiger partial charge in [0.1, 0.15) is 11.3 Å². The molecule has 0 unspecified atom stereocenters. The molecule has 4 aromatic rings. The first-order valence-corrected chi connectivity index (χ1v) is 13.7. The number of pyridine rings is 1. The fourth-order valence-corrected chi connectivity index (χ4v) is 4.29. The Morgan fingerprint density at radius 2 is 1.87 bits per heavy atom. The van der Waals surface area contributed by atoms with Crippen molar-refractivity contribution in [1.29, 1.82) is 0 Å². The van der Waals surface area contributed by atoms with E-state index in [0.29, 0.717) is 6.73 Å². The minimum absolute atomic E-state index is 0.476. The van der Waals surface area contributed by atoms with Crippen LogP contribution in [-0.4, -0.2) is 50.5 Å². The van der Waals surface area contributed by atoms with E-state index in [4.69, 9.17) is 4.74 Å². The number of benzene rings is 1. The fourth-order valence-electron chi connectivity index (χ4n) is 3.34. The molecule has 0 N–H and O–H groups in total. The number of halogens is 1. The number of ether oxygens (including phenoxy) is 1. The minimum atomic E-state index is -0.536. The lowest BCUT2D eigenvalue weighted by Gasteiger charge is -2.24. The first-order valence-electron chi connectivity index (χ1n) is 9.84. The fraction of sp³-hybridized carbons (Fsp3) is 0.304. The Hall–Kier alpha value is -2.09. The summed E-state index contributed by atoms with van der Waals surface area (Å²) in [6.07, 6.45) is 15.0. The molecule has 0 aliphatic rings. The molecule has 0 bridgehead atoms. The van der Waals surface area contributed by atoms with E-state index in [2.05, 4.69) is 92.1 Å². The maximum Gasteiger partial charge on any atom is 0.139 e. The van der Waals surface area contributed by atoms with Gasteiger partial charge in [-0.15, -0.1) is 0 Å². The summed E-state index contributed by atoms with van der Waals surface area (Å²) in [6, 6.07) is 12.6. The zero-order chi connectivity index (χ0) is 21.1. The number of rotatable bonds is 8. The number of hydrogen-bond donors (Lipinski definition) is 0. The number of hydrogen-bond acceptors (Lipinski definition) is 3. The molecule has 0 aliphatic carbocycles. The van der Waals surface area contributed by atoms with Crippen LogP contribution in [0.5, 0.6) is 0 Å². The van der Waals surface area contributed by atoms with Crippen LogP contribution in [0.4, 0.5) is 0 Å². The Bertz CT molecular complexity index is 1130. The largest absolute Gasteiger partial charge is 0.358 e. The molecular formula is C23H27BrN4OS. The smallest absolute Gasteiger partial charge is 0.139 e. The molecule has 0 spiro atoms. The average molecular weight is 487 g/mol. The van der Waals surface area contributed by atoms with Gasteiger partial charge in [0.15, 0.2) is 0 Å². The lowest BCUT2D eigenvalue weighted by atomic mass is 10.1. The van der Waals surface area contributed by atoms with Gasteiger partial charge in [-0.1, -0.05) is 30.3 Å². The monoisotopic (exact) mass is 486 g/mol. The second-order valence-electron chi connectivity index (χ2n) is 8.28. The van der Waals surface area contributed by atoms with Crippen LogP contribution in [0.1, 0.15) is 5.56 Å². The maximum absolute atomic E-state index is 5.83. The summed E-state index contributed by atoms with van der Waals surface area (Å²) in [5.74, 6) is 1.11. The molecule has 0 fully saturated rings. The Labute approximate surface area is 187 Å². The van der Waals surface area contributed by atoms with Crippen LogP contribution >= 0.6 is 26.0 Å². The van der Waals surface area contributed by atoms with E-state index in [1.54, 1.807) is 0 Å². The molecule has 1 aromatic carbocycles. The number of fused-ring (bicyclic) bond motifs is 1. The normalized spacial score (nSPS) is 12.5. The van der Waals surface area contributed by atoms with Crippen molar-refractivity contribution < 1.29 is 4.74 Å². The van der Waals surface area contributed by atoms with Gasteiger partial charge < -0.3 is 9.30 Å². The highest BCUT2D eigenvalue weighted by Crippen LogP contribution is 2.34. The van der Waals surface area contributed by atoms with Crippen LogP contribution in [0, 0.1) is 0 Å². The summed E-state index contributed by atoms with van der Waals surface area (Å²) in [5, 5.41) is 5.67. The molecule has 0 saturated carbocycles. The summed E-state index contributed by atoms with van der Waals surface area (Å²) in [7, 11) is -0.536. The predicted octanol–water partition coefficient (Wildman–Crippen LogP) is 5.38. The van der Waals surface area contributed by atoms with Crippen LogP contribution in [0.25, 0.3) is 22.0 Å². The molecule has 5 nitrogen and oxygen atoms in total. The molecule has 0 amide bonds. The second kappa shape index (κ2) is 8.96. The Morgan fingerprint density at radius 3 is 2.63 bits per heavy atom. The summed E-state index contributed by atoms with van der Waals surface area (Å²) in [4.78, 5) is 4.45. The summed E-state index contributed by atoms with van der Waals surface area (Å²) in [5.41, 5.74) is 4.59. The van der Waals surface area contributed by atoms with Gasteiger partial charge in [0, 0.05) is 41.2 Å². The van der Waals surface area contributed by atoms with Crippen molar-refractivity contribution in [2.75, 3.05) is 31.1 Å². The second-order valence-corrected chi connectivity index (χ2v) is 13.7. The van der Waals surface area contributed by atoms with Crippen molar-refractivity contribution in [2.24, 2.45) is 0 Å². The van der Waals surface area contributed by atoms with E-state index >= 15 is 0 Å². The molecule has 30 heavy (non-hydrogen) atoms. The van der Waals surface area contributed by atoms with Crippen molar-refractivity contribution in [1.82, 2.24) is 19.3 Å². The van der Waals surface area contributed by atoms with Gasteiger partial charge in [0.2, 0.25) is 0 Å². The van der Waals surface area contributed by atoms with E-state index in [-0.39, 0.29) is 0 Å².